The average molecular weight is 265 g/mol. The molecule has 0 fully saturated rings. The smallest absolute Gasteiger partial charge is 0.323 e. The Hall–Kier alpha value is -1.55. The SMILES string of the molecule is CCOC(=O)C(CC)N(C)Cc1ccccc1OC. The number of ether oxygens (including phenoxy) is 2. The average Bonchev–Trinajstić information content (AvgIpc) is 2.40. The Morgan fingerprint density at radius 1 is 1.32 bits per heavy atom. The summed E-state index contributed by atoms with van der Waals surface area (Å²) >= 11 is 0. The highest BCUT2D eigenvalue weighted by atomic mass is 16.5. The predicted molar refractivity (Wildman–Crippen MR) is 75.2 cm³/mol. The Morgan fingerprint density at radius 2 is 2.00 bits per heavy atom. The molecule has 1 aromatic carbocycles. The van der Waals surface area contributed by atoms with Gasteiger partial charge in [0.2, 0.25) is 0 Å². The van der Waals surface area contributed by atoms with E-state index in [2.05, 4.69) is 0 Å². The van der Waals surface area contributed by atoms with Crippen molar-refractivity contribution in [1.29, 1.82) is 0 Å². The van der Waals surface area contributed by atoms with Crippen LogP contribution in [0.25, 0.3) is 0 Å². The maximum atomic E-state index is 11.9. The van der Waals surface area contributed by atoms with E-state index in [1.807, 2.05) is 50.1 Å². The molecule has 1 aromatic rings. The molecule has 0 saturated heterocycles. The maximum absolute atomic E-state index is 11.9. The van der Waals surface area contributed by atoms with Gasteiger partial charge in [-0.05, 0) is 26.5 Å². The van der Waals surface area contributed by atoms with Crippen LogP contribution in [0.4, 0.5) is 0 Å². The largest absolute Gasteiger partial charge is 0.496 e. The number of rotatable bonds is 7. The van der Waals surface area contributed by atoms with E-state index in [0.29, 0.717) is 13.2 Å². The number of esters is 1. The number of carbonyl (C=O) groups is 1. The quantitative estimate of drug-likeness (QED) is 0.710. The third kappa shape index (κ3) is 4.24. The fourth-order valence-corrected chi connectivity index (χ4v) is 2.11. The molecule has 0 aromatic heterocycles. The van der Waals surface area contributed by atoms with E-state index >= 15 is 0 Å². The molecule has 0 radical (unpaired) electrons. The minimum atomic E-state index is -0.218. The summed E-state index contributed by atoms with van der Waals surface area (Å²) in [7, 11) is 3.58. The van der Waals surface area contributed by atoms with Crippen LogP contribution in [0, 0.1) is 0 Å². The Balaban J connectivity index is 2.76. The topological polar surface area (TPSA) is 38.8 Å². The predicted octanol–water partition coefficient (Wildman–Crippen LogP) is 2.47. The van der Waals surface area contributed by atoms with Gasteiger partial charge in [0, 0.05) is 12.1 Å². The van der Waals surface area contributed by atoms with E-state index in [-0.39, 0.29) is 12.0 Å². The third-order valence-electron chi connectivity index (χ3n) is 3.09. The molecule has 1 rings (SSSR count). The zero-order valence-corrected chi connectivity index (χ0v) is 12.2. The van der Waals surface area contributed by atoms with Crippen LogP contribution >= 0.6 is 0 Å². The van der Waals surface area contributed by atoms with Gasteiger partial charge >= 0.3 is 5.97 Å². The monoisotopic (exact) mass is 265 g/mol. The summed E-state index contributed by atoms with van der Waals surface area (Å²) < 4.78 is 10.4. The number of benzene rings is 1. The molecule has 0 aliphatic carbocycles. The van der Waals surface area contributed by atoms with Gasteiger partial charge in [-0.25, -0.2) is 0 Å². The number of methoxy groups -OCH3 is 1. The summed E-state index contributed by atoms with van der Waals surface area (Å²) in [6.45, 7) is 4.88. The van der Waals surface area contributed by atoms with E-state index in [9.17, 15) is 4.79 Å². The highest BCUT2D eigenvalue weighted by molar-refractivity contribution is 5.75. The van der Waals surface area contributed by atoms with Gasteiger partial charge in [0.15, 0.2) is 0 Å². The van der Waals surface area contributed by atoms with E-state index in [4.69, 9.17) is 9.47 Å². The van der Waals surface area contributed by atoms with Crippen LogP contribution in [0.1, 0.15) is 25.8 Å². The number of hydrogen-bond acceptors (Lipinski definition) is 4. The lowest BCUT2D eigenvalue weighted by Crippen LogP contribution is -2.38. The summed E-state index contributed by atoms with van der Waals surface area (Å²) in [5, 5.41) is 0. The van der Waals surface area contributed by atoms with E-state index < -0.39 is 0 Å². The second-order valence-electron chi connectivity index (χ2n) is 4.40. The number of likely N-dealkylation sites (N-methyl/N-ethyl adjacent to an activating group) is 1. The second kappa shape index (κ2) is 7.79. The van der Waals surface area contributed by atoms with Crippen LogP contribution in [0.15, 0.2) is 24.3 Å². The molecule has 0 amide bonds. The standard InChI is InChI=1S/C15H23NO3/c1-5-13(15(17)19-6-2)16(3)11-12-9-7-8-10-14(12)18-4/h7-10,13H,5-6,11H2,1-4H3. The summed E-state index contributed by atoms with van der Waals surface area (Å²) in [5.41, 5.74) is 1.07. The fraction of sp³-hybridized carbons (Fsp3) is 0.533. The first-order chi connectivity index (χ1) is 9.13. The van der Waals surface area contributed by atoms with Crippen molar-refractivity contribution in [2.24, 2.45) is 0 Å². The molecule has 0 spiro atoms. The number of nitrogens with zero attached hydrogens (tertiary/aromatic N) is 1. The van der Waals surface area contributed by atoms with Gasteiger partial charge < -0.3 is 9.47 Å². The van der Waals surface area contributed by atoms with Gasteiger partial charge in [-0.3, -0.25) is 9.69 Å². The molecule has 106 valence electrons. The van der Waals surface area contributed by atoms with Crippen molar-refractivity contribution in [2.45, 2.75) is 32.9 Å². The molecule has 1 atom stereocenters. The van der Waals surface area contributed by atoms with E-state index in [1.165, 1.54) is 0 Å². The highest BCUT2D eigenvalue weighted by Gasteiger charge is 2.23. The van der Waals surface area contributed by atoms with Crippen molar-refractivity contribution in [3.63, 3.8) is 0 Å². The Bertz CT molecular complexity index is 406. The van der Waals surface area contributed by atoms with Crippen molar-refractivity contribution in [1.82, 2.24) is 4.90 Å². The van der Waals surface area contributed by atoms with Gasteiger partial charge in [-0.2, -0.15) is 0 Å². The number of carbonyl (C=O) groups excluding carboxylic acids is 1. The van der Waals surface area contributed by atoms with Crippen molar-refractivity contribution in [3.05, 3.63) is 29.8 Å². The number of hydrogen-bond donors (Lipinski definition) is 0. The van der Waals surface area contributed by atoms with Gasteiger partial charge in [0.05, 0.1) is 13.7 Å². The first kappa shape index (κ1) is 15.5. The maximum Gasteiger partial charge on any atom is 0.323 e. The molecule has 19 heavy (non-hydrogen) atoms. The fourth-order valence-electron chi connectivity index (χ4n) is 2.11. The normalized spacial score (nSPS) is 12.3. The van der Waals surface area contributed by atoms with Crippen LogP contribution < -0.4 is 4.74 Å². The van der Waals surface area contributed by atoms with Crippen molar-refractivity contribution < 1.29 is 14.3 Å². The highest BCUT2D eigenvalue weighted by Crippen LogP contribution is 2.20. The Kier molecular flexibility index (Phi) is 6.36. The Morgan fingerprint density at radius 3 is 2.58 bits per heavy atom. The summed E-state index contributed by atoms with van der Waals surface area (Å²) in [4.78, 5) is 13.9. The minimum absolute atomic E-state index is 0.164. The molecule has 0 aliphatic rings. The summed E-state index contributed by atoms with van der Waals surface area (Å²) in [5.74, 6) is 0.676. The number of para-hydroxylation sites is 1. The Labute approximate surface area is 115 Å². The van der Waals surface area contributed by atoms with E-state index in [0.717, 1.165) is 17.7 Å². The molecule has 0 heterocycles. The summed E-state index contributed by atoms with van der Waals surface area (Å²) in [6.07, 6.45) is 0.727. The molecule has 0 aliphatic heterocycles. The van der Waals surface area contributed by atoms with Crippen molar-refractivity contribution in [3.8, 4) is 5.75 Å². The molecule has 0 bridgehead atoms. The molecular formula is C15H23NO3. The van der Waals surface area contributed by atoms with Gasteiger partial charge in [-0.15, -0.1) is 0 Å². The lowest BCUT2D eigenvalue weighted by atomic mass is 10.1. The molecular weight excluding hydrogens is 242 g/mol. The molecule has 0 N–H and O–H groups in total. The first-order valence-corrected chi connectivity index (χ1v) is 6.62. The van der Waals surface area contributed by atoms with Crippen molar-refractivity contribution in [2.75, 3.05) is 20.8 Å². The molecule has 4 nitrogen and oxygen atoms in total. The van der Waals surface area contributed by atoms with Crippen LogP contribution in [-0.2, 0) is 16.1 Å². The zero-order chi connectivity index (χ0) is 14.3. The van der Waals surface area contributed by atoms with E-state index in [1.54, 1.807) is 7.11 Å². The summed E-state index contributed by atoms with van der Waals surface area (Å²) in [6, 6.07) is 7.62. The van der Waals surface area contributed by atoms with Crippen LogP contribution in [0.5, 0.6) is 5.75 Å². The lowest BCUT2D eigenvalue weighted by molar-refractivity contribution is -0.149. The second-order valence-corrected chi connectivity index (χ2v) is 4.40. The van der Waals surface area contributed by atoms with Gasteiger partial charge in [-0.1, -0.05) is 25.1 Å². The van der Waals surface area contributed by atoms with Crippen LogP contribution in [0.3, 0.4) is 0 Å². The minimum Gasteiger partial charge on any atom is -0.496 e. The first-order valence-electron chi connectivity index (χ1n) is 6.62. The lowest BCUT2D eigenvalue weighted by Gasteiger charge is -2.25. The van der Waals surface area contributed by atoms with Crippen LogP contribution in [-0.4, -0.2) is 37.7 Å². The third-order valence-corrected chi connectivity index (χ3v) is 3.09. The van der Waals surface area contributed by atoms with Gasteiger partial charge in [0.25, 0.3) is 0 Å². The van der Waals surface area contributed by atoms with Crippen LogP contribution in [0.2, 0.25) is 0 Å². The van der Waals surface area contributed by atoms with Gasteiger partial charge in [0.1, 0.15) is 11.8 Å². The molecule has 4 heteroatoms. The molecule has 1 unspecified atom stereocenters. The van der Waals surface area contributed by atoms with Crippen molar-refractivity contribution >= 4 is 5.97 Å². The molecule has 0 saturated carbocycles. The zero-order valence-electron chi connectivity index (χ0n) is 12.2.